The molecular formula is C9H12N2O3. The van der Waals surface area contributed by atoms with E-state index in [2.05, 4.69) is 0 Å². The maximum absolute atomic E-state index is 11.3. The summed E-state index contributed by atoms with van der Waals surface area (Å²) in [5.74, 6) is 4.22. The summed E-state index contributed by atoms with van der Waals surface area (Å²) in [5, 5.41) is 17.6. The molecule has 5 heteroatoms. The lowest BCUT2D eigenvalue weighted by Gasteiger charge is -2.10. The Kier molecular flexibility index (Phi) is 3.19. The zero-order valence-electron chi connectivity index (χ0n) is 7.77. The number of rotatable bonds is 2. The maximum Gasteiger partial charge on any atom is 0.292 e. The van der Waals surface area contributed by atoms with Gasteiger partial charge in [-0.15, -0.1) is 5.17 Å². The van der Waals surface area contributed by atoms with Gasteiger partial charge in [0.05, 0.1) is 6.61 Å². The Morgan fingerprint density at radius 1 is 1.57 bits per heavy atom. The summed E-state index contributed by atoms with van der Waals surface area (Å²) in [7, 11) is 0. The number of hydrogen-bond acceptors (Lipinski definition) is 4. The molecule has 0 fully saturated rings. The van der Waals surface area contributed by atoms with Gasteiger partial charge in [0.25, 0.3) is 5.91 Å². The number of carbonyl (C=O) groups excluding carboxylic acids is 1. The van der Waals surface area contributed by atoms with E-state index in [9.17, 15) is 4.79 Å². The summed E-state index contributed by atoms with van der Waals surface area (Å²) in [6.07, 6.45) is 0. The highest BCUT2D eigenvalue weighted by Gasteiger charge is 2.12. The molecule has 0 bridgehead atoms. The number of aliphatic hydroxyl groups excluding tert-OH is 1. The number of hydroxylamine groups is 1. The smallest absolute Gasteiger partial charge is 0.292 e. The van der Waals surface area contributed by atoms with Gasteiger partial charge in [0.15, 0.2) is 0 Å². The summed E-state index contributed by atoms with van der Waals surface area (Å²) < 4.78 is 0. The average Bonchev–Trinajstić information content (AvgIpc) is 2.16. The van der Waals surface area contributed by atoms with Gasteiger partial charge >= 0.3 is 0 Å². The molecule has 1 amide bonds. The molecule has 0 aromatic heterocycles. The molecule has 0 heterocycles. The zero-order valence-corrected chi connectivity index (χ0v) is 7.77. The number of carbonyl (C=O) groups is 1. The van der Waals surface area contributed by atoms with Gasteiger partial charge in [-0.25, -0.2) is 5.84 Å². The van der Waals surface area contributed by atoms with Crippen molar-refractivity contribution in [2.45, 2.75) is 13.5 Å². The van der Waals surface area contributed by atoms with Crippen LogP contribution in [0.3, 0.4) is 0 Å². The van der Waals surface area contributed by atoms with E-state index in [-0.39, 0.29) is 11.8 Å². The maximum atomic E-state index is 11.3. The van der Waals surface area contributed by atoms with Crippen LogP contribution in [0.2, 0.25) is 0 Å². The van der Waals surface area contributed by atoms with E-state index in [0.717, 1.165) is 0 Å². The van der Waals surface area contributed by atoms with Crippen molar-refractivity contribution in [1.29, 1.82) is 0 Å². The van der Waals surface area contributed by atoms with E-state index >= 15 is 0 Å². The second kappa shape index (κ2) is 4.19. The van der Waals surface area contributed by atoms with Gasteiger partial charge in [0.2, 0.25) is 0 Å². The minimum absolute atomic E-state index is 0.0426. The number of aliphatic hydroxyl groups is 1. The van der Waals surface area contributed by atoms with Crippen LogP contribution < -0.4 is 5.84 Å². The first-order valence-corrected chi connectivity index (χ1v) is 4.04. The third kappa shape index (κ3) is 2.08. The van der Waals surface area contributed by atoms with Crippen LogP contribution in [0.5, 0.6) is 0 Å². The first kappa shape index (κ1) is 10.6. The molecule has 0 saturated carbocycles. The fraction of sp³-hybridized carbons (Fsp3) is 0.222. The molecule has 5 nitrogen and oxygen atoms in total. The summed E-state index contributed by atoms with van der Waals surface area (Å²) in [6, 6.07) is 4.78. The molecule has 0 atom stereocenters. The number of nitrogens with two attached hydrogens (primary N) is 1. The van der Waals surface area contributed by atoms with Crippen LogP contribution in [0.1, 0.15) is 21.5 Å². The van der Waals surface area contributed by atoms with Gasteiger partial charge in [-0.05, 0) is 24.1 Å². The van der Waals surface area contributed by atoms with E-state index in [0.29, 0.717) is 16.7 Å². The molecule has 0 aliphatic carbocycles. The van der Waals surface area contributed by atoms with Crippen LogP contribution in [0.4, 0.5) is 0 Å². The zero-order chi connectivity index (χ0) is 10.7. The number of amides is 1. The van der Waals surface area contributed by atoms with Crippen LogP contribution in [0.25, 0.3) is 0 Å². The third-order valence-corrected chi connectivity index (χ3v) is 1.91. The van der Waals surface area contributed by atoms with E-state index in [1.807, 2.05) is 0 Å². The largest absolute Gasteiger partial charge is 0.392 e. The third-order valence-electron chi connectivity index (χ3n) is 1.91. The number of hydrogen-bond donors (Lipinski definition) is 3. The van der Waals surface area contributed by atoms with E-state index in [4.69, 9.17) is 16.2 Å². The van der Waals surface area contributed by atoms with Crippen LogP contribution in [-0.2, 0) is 6.61 Å². The van der Waals surface area contributed by atoms with Gasteiger partial charge in [-0.2, -0.15) is 0 Å². The lowest BCUT2D eigenvalue weighted by Crippen LogP contribution is -2.34. The Morgan fingerprint density at radius 2 is 2.21 bits per heavy atom. The van der Waals surface area contributed by atoms with Gasteiger partial charge < -0.3 is 5.11 Å². The van der Waals surface area contributed by atoms with E-state index in [1.165, 1.54) is 6.07 Å². The second-order valence-corrected chi connectivity index (χ2v) is 2.96. The Balaban J connectivity index is 3.06. The normalized spacial score (nSPS) is 10.0. The number of benzene rings is 1. The Hall–Kier alpha value is -1.43. The number of hydrazine groups is 1. The summed E-state index contributed by atoms with van der Waals surface area (Å²) in [4.78, 5) is 11.3. The monoisotopic (exact) mass is 196 g/mol. The minimum atomic E-state index is -0.674. The van der Waals surface area contributed by atoms with Crippen LogP contribution in [0.15, 0.2) is 18.2 Å². The van der Waals surface area contributed by atoms with Gasteiger partial charge in [0, 0.05) is 5.56 Å². The molecule has 1 rings (SSSR count). The van der Waals surface area contributed by atoms with Crippen molar-refractivity contribution in [1.82, 2.24) is 5.17 Å². The highest BCUT2D eigenvalue weighted by atomic mass is 16.5. The minimum Gasteiger partial charge on any atom is -0.392 e. The molecule has 1 aromatic rings. The summed E-state index contributed by atoms with van der Waals surface area (Å²) in [6.45, 7) is 1.62. The lowest BCUT2D eigenvalue weighted by molar-refractivity contribution is -0.0595. The molecular weight excluding hydrogens is 184 g/mol. The van der Waals surface area contributed by atoms with Crippen molar-refractivity contribution in [2.75, 3.05) is 0 Å². The van der Waals surface area contributed by atoms with Gasteiger partial charge in [-0.3, -0.25) is 10.0 Å². The molecule has 0 radical (unpaired) electrons. The van der Waals surface area contributed by atoms with E-state index in [1.54, 1.807) is 19.1 Å². The summed E-state index contributed by atoms with van der Waals surface area (Å²) in [5.41, 5.74) is 1.68. The lowest BCUT2D eigenvalue weighted by atomic mass is 10.1. The molecule has 1 aromatic carbocycles. The van der Waals surface area contributed by atoms with Crippen molar-refractivity contribution in [3.05, 3.63) is 34.9 Å². The quantitative estimate of drug-likeness (QED) is 0.273. The molecule has 0 aliphatic heterocycles. The highest BCUT2D eigenvalue weighted by molar-refractivity contribution is 5.94. The van der Waals surface area contributed by atoms with Crippen molar-refractivity contribution >= 4 is 5.91 Å². The fourth-order valence-electron chi connectivity index (χ4n) is 1.19. The molecule has 76 valence electrons. The first-order chi connectivity index (χ1) is 6.56. The van der Waals surface area contributed by atoms with Crippen molar-refractivity contribution in [3.63, 3.8) is 0 Å². The average molecular weight is 196 g/mol. The van der Waals surface area contributed by atoms with Crippen molar-refractivity contribution in [3.8, 4) is 0 Å². The highest BCUT2D eigenvalue weighted by Crippen LogP contribution is 2.12. The molecule has 0 saturated heterocycles. The van der Waals surface area contributed by atoms with Crippen LogP contribution >= 0.6 is 0 Å². The fourth-order valence-corrected chi connectivity index (χ4v) is 1.19. The van der Waals surface area contributed by atoms with Crippen LogP contribution in [0, 0.1) is 6.92 Å². The SMILES string of the molecule is Cc1cc(CO)ccc1C(=O)N(N)O. The van der Waals surface area contributed by atoms with Crippen molar-refractivity contribution < 1.29 is 15.1 Å². The predicted octanol–water partition coefficient (Wildman–Crippen LogP) is 0.192. The van der Waals surface area contributed by atoms with Gasteiger partial charge in [0.1, 0.15) is 0 Å². The second-order valence-electron chi connectivity index (χ2n) is 2.96. The molecule has 4 N–H and O–H groups in total. The molecule has 0 unspecified atom stereocenters. The summed E-state index contributed by atoms with van der Waals surface area (Å²) >= 11 is 0. The van der Waals surface area contributed by atoms with Crippen molar-refractivity contribution in [2.24, 2.45) is 5.84 Å². The number of nitrogens with zero attached hydrogens (tertiary/aromatic N) is 1. The Bertz CT molecular complexity index is 350. The standard InChI is InChI=1S/C9H12N2O3/c1-6-4-7(5-12)2-3-8(6)9(13)11(10)14/h2-4,12,14H,5,10H2,1H3. The van der Waals surface area contributed by atoms with Crippen LogP contribution in [-0.4, -0.2) is 21.4 Å². The Labute approximate surface area is 81.3 Å². The topological polar surface area (TPSA) is 86.8 Å². The Morgan fingerprint density at radius 3 is 2.64 bits per heavy atom. The van der Waals surface area contributed by atoms with E-state index < -0.39 is 5.91 Å². The molecule has 14 heavy (non-hydrogen) atoms. The van der Waals surface area contributed by atoms with Gasteiger partial charge in [-0.1, -0.05) is 12.1 Å². The molecule has 0 spiro atoms. The predicted molar refractivity (Wildman–Crippen MR) is 49.2 cm³/mol. The molecule has 0 aliphatic rings. The first-order valence-electron chi connectivity index (χ1n) is 4.04. The number of aryl methyl sites for hydroxylation is 1.